The van der Waals surface area contributed by atoms with Crippen LogP contribution in [0.1, 0.15) is 0 Å². The van der Waals surface area contributed by atoms with Gasteiger partial charge in [0, 0.05) is 0 Å². The van der Waals surface area contributed by atoms with Crippen LogP contribution in [0, 0.1) is 0 Å². The van der Waals surface area contributed by atoms with E-state index in [2.05, 4.69) is 9.47 Å². The molecule has 1 fully saturated rings. The van der Waals surface area contributed by atoms with Crippen LogP contribution in [0.2, 0.25) is 0 Å². The molecule has 9 N–H and O–H groups in total. The second kappa shape index (κ2) is 10.1. The molecule has 0 aromatic carbocycles. The van der Waals surface area contributed by atoms with Gasteiger partial charge in [0.1, 0.15) is 43.2 Å². The molecule has 7 unspecified atom stereocenters. The van der Waals surface area contributed by atoms with Crippen LogP contribution in [0.3, 0.4) is 0 Å². The van der Waals surface area contributed by atoms with Crippen molar-refractivity contribution in [3.8, 4) is 0 Å². The van der Waals surface area contributed by atoms with Gasteiger partial charge in [-0.3, -0.25) is 4.79 Å². The molecule has 1 aliphatic heterocycles. The van der Waals surface area contributed by atoms with Gasteiger partial charge >= 0.3 is 11.9 Å². The fraction of sp³-hybridized carbons (Fsp3) is 0.786. The predicted octanol–water partition coefficient (Wildman–Crippen LogP) is -7.10. The van der Waals surface area contributed by atoms with Crippen molar-refractivity contribution in [1.82, 2.24) is 0 Å². The summed E-state index contributed by atoms with van der Waals surface area (Å²) in [5, 5.41) is 84.6. The highest BCUT2D eigenvalue weighted by molar-refractivity contribution is 6.09. The number of aliphatic hydroxyl groups is 9. The zero-order valence-corrected chi connectivity index (χ0v) is 14.2. The highest BCUT2D eigenvalue weighted by Crippen LogP contribution is 2.16. The molecule has 1 saturated heterocycles. The van der Waals surface area contributed by atoms with Crippen LogP contribution < -0.4 is 0 Å². The van der Waals surface area contributed by atoms with E-state index < -0.39 is 85.9 Å². The largest absolute Gasteiger partial charge is 0.461 e. The van der Waals surface area contributed by atoms with Crippen LogP contribution in [0.15, 0.2) is 0 Å². The lowest BCUT2D eigenvalue weighted by Gasteiger charge is -2.30. The van der Waals surface area contributed by atoms with Crippen molar-refractivity contribution in [3.05, 3.63) is 0 Å². The molecule has 14 heteroatoms. The van der Waals surface area contributed by atoms with E-state index >= 15 is 0 Å². The van der Waals surface area contributed by atoms with Gasteiger partial charge in [0.25, 0.3) is 0 Å². The molecule has 9 atom stereocenters. The minimum Gasteiger partial charge on any atom is -0.461 e. The first-order valence-corrected chi connectivity index (χ1v) is 7.90. The average Bonchev–Trinajstić information content (AvgIpc) is 2.95. The second-order valence-electron chi connectivity index (χ2n) is 6.02. The van der Waals surface area contributed by atoms with E-state index in [1.54, 1.807) is 0 Å². The molecule has 1 rings (SSSR count). The summed E-state index contributed by atoms with van der Waals surface area (Å²) < 4.78 is 8.79. The van der Waals surface area contributed by atoms with E-state index in [9.17, 15) is 45.0 Å². The SMILES string of the molecule is O=C1O[C@H]([C@@H](O)COC(=O)C(O)C(O)C(O)C(O)C(O)C(O)CO)C(=O)C1O. The second-order valence-corrected chi connectivity index (χ2v) is 6.02. The summed E-state index contributed by atoms with van der Waals surface area (Å²) in [6.07, 6.45) is -19.4. The monoisotopic (exact) mass is 414 g/mol. The third kappa shape index (κ3) is 5.40. The maximum atomic E-state index is 11.7. The summed E-state index contributed by atoms with van der Waals surface area (Å²) in [5.41, 5.74) is 0. The van der Waals surface area contributed by atoms with Gasteiger partial charge < -0.3 is 55.4 Å². The summed E-state index contributed by atoms with van der Waals surface area (Å²) in [6.45, 7) is -2.01. The number of carbonyl (C=O) groups is 3. The van der Waals surface area contributed by atoms with Gasteiger partial charge in [-0.05, 0) is 0 Å². The number of cyclic esters (lactones) is 1. The first-order chi connectivity index (χ1) is 12.9. The summed E-state index contributed by atoms with van der Waals surface area (Å²) in [5.74, 6) is -4.12. The molecular weight excluding hydrogens is 392 g/mol. The van der Waals surface area contributed by atoms with Crippen molar-refractivity contribution in [2.75, 3.05) is 13.2 Å². The van der Waals surface area contributed by atoms with Crippen molar-refractivity contribution < 1.29 is 69.8 Å². The van der Waals surface area contributed by atoms with Gasteiger partial charge in [-0.15, -0.1) is 0 Å². The van der Waals surface area contributed by atoms with Crippen molar-refractivity contribution >= 4 is 17.7 Å². The molecule has 0 aromatic rings. The van der Waals surface area contributed by atoms with Crippen LogP contribution >= 0.6 is 0 Å². The number of carbonyl (C=O) groups excluding carboxylic acids is 3. The first kappa shape index (κ1) is 24.3. The molecule has 1 heterocycles. The maximum absolute atomic E-state index is 11.7. The van der Waals surface area contributed by atoms with E-state index in [0.717, 1.165) is 0 Å². The number of aliphatic hydroxyl groups excluding tert-OH is 9. The van der Waals surface area contributed by atoms with E-state index in [-0.39, 0.29) is 0 Å². The molecule has 162 valence electrons. The zero-order chi connectivity index (χ0) is 21.8. The van der Waals surface area contributed by atoms with Gasteiger partial charge in [-0.1, -0.05) is 0 Å². The molecule has 0 aliphatic carbocycles. The standard InChI is InChI=1S/C14H22O14/c15-1-3(16)5(18)6(19)7(20)8(21)10(23)13(25)27-2-4(17)12-9(22)11(24)14(26)28-12/h3-8,10-12,15-21,23-24H,1-2H2/t3?,4-,5?,6?,7?,8?,10?,11?,12+/m0/s1. The molecule has 0 saturated carbocycles. The Morgan fingerprint density at radius 3 is 1.96 bits per heavy atom. The lowest BCUT2D eigenvalue weighted by atomic mass is 9.96. The van der Waals surface area contributed by atoms with Gasteiger partial charge in [0.05, 0.1) is 6.61 Å². The number of Topliss-reactive ketones (excluding diaryl/α,β-unsaturated/α-hetero) is 1. The summed E-state index contributed by atoms with van der Waals surface area (Å²) in [6, 6.07) is 0. The Hall–Kier alpha value is -1.75. The Morgan fingerprint density at radius 1 is 0.964 bits per heavy atom. The third-order valence-corrected chi connectivity index (χ3v) is 3.96. The number of ether oxygens (including phenoxy) is 2. The minimum atomic E-state index is -2.50. The van der Waals surface area contributed by atoms with E-state index in [1.807, 2.05) is 0 Å². The molecule has 0 aromatic heterocycles. The quantitative estimate of drug-likeness (QED) is 0.119. The first-order valence-electron chi connectivity index (χ1n) is 7.90. The van der Waals surface area contributed by atoms with Crippen LogP contribution in [0.5, 0.6) is 0 Å². The summed E-state index contributed by atoms with van der Waals surface area (Å²) in [7, 11) is 0. The van der Waals surface area contributed by atoms with E-state index in [4.69, 9.17) is 15.3 Å². The normalized spacial score (nSPS) is 27.3. The summed E-state index contributed by atoms with van der Waals surface area (Å²) >= 11 is 0. The smallest absolute Gasteiger partial charge is 0.343 e. The topological polar surface area (TPSA) is 252 Å². The van der Waals surface area contributed by atoms with Crippen molar-refractivity contribution in [3.63, 3.8) is 0 Å². The third-order valence-electron chi connectivity index (χ3n) is 3.96. The maximum Gasteiger partial charge on any atom is 0.343 e. The Balaban J connectivity index is 2.59. The Morgan fingerprint density at radius 2 is 1.50 bits per heavy atom. The molecular formula is C14H22O14. The molecule has 1 aliphatic rings. The van der Waals surface area contributed by atoms with Crippen molar-refractivity contribution in [2.45, 2.75) is 54.9 Å². The average molecular weight is 414 g/mol. The Labute approximate surface area is 156 Å². The van der Waals surface area contributed by atoms with Gasteiger partial charge in [-0.2, -0.15) is 0 Å². The Kier molecular flexibility index (Phi) is 8.80. The molecule has 0 spiro atoms. The molecule has 0 radical (unpaired) electrons. The zero-order valence-electron chi connectivity index (χ0n) is 14.2. The predicted molar refractivity (Wildman–Crippen MR) is 81.0 cm³/mol. The van der Waals surface area contributed by atoms with Crippen LogP contribution in [-0.2, 0) is 23.9 Å². The number of esters is 2. The molecule has 14 nitrogen and oxygen atoms in total. The fourth-order valence-electron chi connectivity index (χ4n) is 2.19. The van der Waals surface area contributed by atoms with Crippen molar-refractivity contribution in [2.24, 2.45) is 0 Å². The number of hydrogen-bond acceptors (Lipinski definition) is 14. The highest BCUT2D eigenvalue weighted by atomic mass is 16.6. The molecule has 0 amide bonds. The Bertz CT molecular complexity index is 566. The van der Waals surface area contributed by atoms with E-state index in [0.29, 0.717) is 0 Å². The number of ketones is 1. The number of hydrogen-bond donors (Lipinski definition) is 9. The molecule has 28 heavy (non-hydrogen) atoms. The number of rotatable bonds is 10. The van der Waals surface area contributed by atoms with Crippen LogP contribution in [-0.4, -0.2) is 132 Å². The lowest BCUT2D eigenvalue weighted by Crippen LogP contribution is -2.54. The highest BCUT2D eigenvalue weighted by Gasteiger charge is 2.46. The summed E-state index contributed by atoms with van der Waals surface area (Å²) in [4.78, 5) is 34.1. The van der Waals surface area contributed by atoms with E-state index in [1.165, 1.54) is 0 Å². The van der Waals surface area contributed by atoms with Gasteiger partial charge in [0.15, 0.2) is 12.2 Å². The van der Waals surface area contributed by atoms with Crippen molar-refractivity contribution in [1.29, 1.82) is 0 Å². The molecule has 0 bridgehead atoms. The van der Waals surface area contributed by atoms with Crippen LogP contribution in [0.25, 0.3) is 0 Å². The van der Waals surface area contributed by atoms with Gasteiger partial charge in [-0.25, -0.2) is 9.59 Å². The lowest BCUT2D eigenvalue weighted by molar-refractivity contribution is -0.182. The van der Waals surface area contributed by atoms with Gasteiger partial charge in [0.2, 0.25) is 11.9 Å². The van der Waals surface area contributed by atoms with Crippen LogP contribution in [0.4, 0.5) is 0 Å². The fourth-order valence-corrected chi connectivity index (χ4v) is 2.19. The minimum absolute atomic E-state index is 0.997.